The van der Waals surface area contributed by atoms with Crippen molar-refractivity contribution in [3.63, 3.8) is 0 Å². The number of nitrogens with zero attached hydrogens (tertiary/aromatic N) is 3. The molecule has 0 radical (unpaired) electrons. The van der Waals surface area contributed by atoms with Gasteiger partial charge in [-0.3, -0.25) is 13.9 Å². The van der Waals surface area contributed by atoms with E-state index in [0.29, 0.717) is 30.0 Å². The van der Waals surface area contributed by atoms with Gasteiger partial charge >= 0.3 is 5.69 Å². The lowest BCUT2D eigenvalue weighted by Crippen LogP contribution is -2.40. The highest BCUT2D eigenvalue weighted by atomic mass is 16.5. The van der Waals surface area contributed by atoms with Crippen LogP contribution in [0.4, 0.5) is 0 Å². The monoisotopic (exact) mass is 443 g/mol. The van der Waals surface area contributed by atoms with Gasteiger partial charge in [0.2, 0.25) is 0 Å². The second kappa shape index (κ2) is 9.99. The number of hydrogen-bond acceptors (Lipinski definition) is 5. The molecule has 2 heterocycles. The lowest BCUT2D eigenvalue weighted by atomic mass is 10.1. The molecule has 2 aromatic carbocycles. The first-order valence-corrected chi connectivity index (χ1v) is 10.6. The largest absolute Gasteiger partial charge is 0.493 e. The van der Waals surface area contributed by atoms with Gasteiger partial charge in [0.1, 0.15) is 0 Å². The molecule has 0 aliphatic heterocycles. The molecule has 0 N–H and O–H groups in total. The number of methoxy groups -OCH3 is 2. The lowest BCUT2D eigenvalue weighted by molar-refractivity contribution is 0.354. The number of hydrogen-bond donors (Lipinski definition) is 0. The standard InChI is InChI=1S/C26H25N3O4/c1-32-22-13-12-20(18-23(22)33-2)14-17-29-25(30)24-21(11-6-15-27-24)28(26(29)31)16-7-10-19-8-4-3-5-9-19/h3-13,15,18H,14,16-17H2,1-2H3/b10-7+. The number of aryl methyl sites for hydroxylation is 1. The van der Waals surface area contributed by atoms with Gasteiger partial charge in [-0.25, -0.2) is 9.78 Å². The van der Waals surface area contributed by atoms with Crippen LogP contribution >= 0.6 is 0 Å². The van der Waals surface area contributed by atoms with Crippen molar-refractivity contribution in [2.45, 2.75) is 19.5 Å². The van der Waals surface area contributed by atoms with E-state index < -0.39 is 0 Å². The zero-order valence-electron chi connectivity index (χ0n) is 18.6. The average molecular weight is 444 g/mol. The van der Waals surface area contributed by atoms with Crippen LogP contribution in [0.15, 0.2) is 82.5 Å². The van der Waals surface area contributed by atoms with Crippen LogP contribution in [0.5, 0.6) is 11.5 Å². The van der Waals surface area contributed by atoms with Crippen LogP contribution in [0.2, 0.25) is 0 Å². The van der Waals surface area contributed by atoms with Gasteiger partial charge < -0.3 is 9.47 Å². The summed E-state index contributed by atoms with van der Waals surface area (Å²) in [4.78, 5) is 30.6. The number of fused-ring (bicyclic) bond motifs is 1. The molecular weight excluding hydrogens is 418 g/mol. The maximum atomic E-state index is 13.3. The summed E-state index contributed by atoms with van der Waals surface area (Å²) in [7, 11) is 3.15. The van der Waals surface area contributed by atoms with E-state index in [1.54, 1.807) is 37.1 Å². The second-order valence-corrected chi connectivity index (χ2v) is 7.47. The van der Waals surface area contributed by atoms with E-state index in [2.05, 4.69) is 4.98 Å². The van der Waals surface area contributed by atoms with Crippen molar-refractivity contribution in [2.75, 3.05) is 14.2 Å². The lowest BCUT2D eigenvalue weighted by Gasteiger charge is -2.13. The molecule has 4 rings (SSSR count). The molecule has 7 heteroatoms. The third kappa shape index (κ3) is 4.72. The van der Waals surface area contributed by atoms with Crippen molar-refractivity contribution >= 4 is 17.1 Å². The summed E-state index contributed by atoms with van der Waals surface area (Å²) in [6, 6.07) is 18.9. The van der Waals surface area contributed by atoms with E-state index in [1.807, 2.05) is 60.7 Å². The molecule has 33 heavy (non-hydrogen) atoms. The van der Waals surface area contributed by atoms with Gasteiger partial charge in [0.15, 0.2) is 17.0 Å². The van der Waals surface area contributed by atoms with Crippen molar-refractivity contribution in [3.8, 4) is 11.5 Å². The third-order valence-electron chi connectivity index (χ3n) is 5.46. The highest BCUT2D eigenvalue weighted by Gasteiger charge is 2.14. The van der Waals surface area contributed by atoms with Gasteiger partial charge in [-0.1, -0.05) is 48.6 Å². The molecule has 2 aromatic heterocycles. The number of allylic oxidation sites excluding steroid dienone is 1. The van der Waals surface area contributed by atoms with Crippen molar-refractivity contribution < 1.29 is 9.47 Å². The minimum absolute atomic E-state index is 0.224. The summed E-state index contributed by atoms with van der Waals surface area (Å²) in [5, 5.41) is 0. The van der Waals surface area contributed by atoms with Gasteiger partial charge in [-0.05, 0) is 41.8 Å². The molecule has 0 amide bonds. The van der Waals surface area contributed by atoms with E-state index in [4.69, 9.17) is 9.47 Å². The zero-order chi connectivity index (χ0) is 23.2. The Morgan fingerprint density at radius 2 is 1.70 bits per heavy atom. The Bertz CT molecular complexity index is 1400. The summed E-state index contributed by atoms with van der Waals surface area (Å²) in [5.74, 6) is 1.23. The van der Waals surface area contributed by atoms with Crippen molar-refractivity contribution in [2.24, 2.45) is 0 Å². The Morgan fingerprint density at radius 3 is 2.45 bits per heavy atom. The molecule has 168 valence electrons. The maximum Gasteiger partial charge on any atom is 0.331 e. The number of rotatable bonds is 8. The minimum Gasteiger partial charge on any atom is -0.493 e. The fraction of sp³-hybridized carbons (Fsp3) is 0.192. The number of ether oxygens (including phenoxy) is 2. The van der Waals surface area contributed by atoms with E-state index >= 15 is 0 Å². The van der Waals surface area contributed by atoms with Gasteiger partial charge in [-0.15, -0.1) is 0 Å². The first-order chi connectivity index (χ1) is 16.1. The van der Waals surface area contributed by atoms with Crippen LogP contribution in [0.3, 0.4) is 0 Å². The molecule has 0 saturated heterocycles. The molecule has 0 fully saturated rings. The number of benzene rings is 2. The van der Waals surface area contributed by atoms with Gasteiger partial charge in [0, 0.05) is 19.3 Å². The fourth-order valence-electron chi connectivity index (χ4n) is 3.75. The van der Waals surface area contributed by atoms with Crippen LogP contribution in [0, 0.1) is 0 Å². The van der Waals surface area contributed by atoms with Crippen LogP contribution in [-0.4, -0.2) is 28.3 Å². The molecule has 0 aliphatic carbocycles. The summed E-state index contributed by atoms with van der Waals surface area (Å²) < 4.78 is 13.5. The summed E-state index contributed by atoms with van der Waals surface area (Å²) >= 11 is 0. The SMILES string of the molecule is COc1ccc(CCn2c(=O)c3ncccc3n(C/C=C/c3ccccc3)c2=O)cc1OC. The van der Waals surface area contributed by atoms with E-state index in [9.17, 15) is 9.59 Å². The normalized spacial score (nSPS) is 11.2. The fourth-order valence-corrected chi connectivity index (χ4v) is 3.75. The summed E-state index contributed by atoms with van der Waals surface area (Å²) in [6.07, 6.45) is 5.91. The topological polar surface area (TPSA) is 75.4 Å². The second-order valence-electron chi connectivity index (χ2n) is 7.47. The molecule has 0 atom stereocenters. The van der Waals surface area contributed by atoms with Crippen molar-refractivity contribution in [1.29, 1.82) is 0 Å². The Morgan fingerprint density at radius 1 is 0.909 bits per heavy atom. The van der Waals surface area contributed by atoms with Crippen LogP contribution < -0.4 is 20.7 Å². The Balaban J connectivity index is 1.68. The zero-order valence-corrected chi connectivity index (χ0v) is 18.6. The van der Waals surface area contributed by atoms with Crippen molar-refractivity contribution in [1.82, 2.24) is 14.1 Å². The van der Waals surface area contributed by atoms with E-state index in [-0.39, 0.29) is 23.3 Å². The predicted molar refractivity (Wildman–Crippen MR) is 129 cm³/mol. The highest BCUT2D eigenvalue weighted by molar-refractivity contribution is 5.73. The van der Waals surface area contributed by atoms with Gasteiger partial charge in [-0.2, -0.15) is 0 Å². The molecule has 0 aliphatic rings. The van der Waals surface area contributed by atoms with Crippen LogP contribution in [0.1, 0.15) is 11.1 Å². The van der Waals surface area contributed by atoms with Crippen LogP contribution in [0.25, 0.3) is 17.1 Å². The Kier molecular flexibility index (Phi) is 6.69. The quantitative estimate of drug-likeness (QED) is 0.416. The van der Waals surface area contributed by atoms with E-state index in [1.165, 1.54) is 4.57 Å². The summed E-state index contributed by atoms with van der Waals surface area (Å²) in [6.45, 7) is 0.550. The van der Waals surface area contributed by atoms with Gasteiger partial charge in [0.05, 0.1) is 19.7 Å². The first-order valence-electron chi connectivity index (χ1n) is 10.6. The smallest absolute Gasteiger partial charge is 0.331 e. The molecule has 0 bridgehead atoms. The Labute approximate surface area is 191 Å². The first kappa shape index (κ1) is 22.1. The average Bonchev–Trinajstić information content (AvgIpc) is 2.86. The molecule has 7 nitrogen and oxygen atoms in total. The molecule has 0 saturated carbocycles. The van der Waals surface area contributed by atoms with Crippen LogP contribution in [-0.2, 0) is 19.5 Å². The van der Waals surface area contributed by atoms with Gasteiger partial charge in [0.25, 0.3) is 5.56 Å². The maximum absolute atomic E-state index is 13.3. The molecule has 0 unspecified atom stereocenters. The molecule has 4 aromatic rings. The Hall–Kier alpha value is -4.13. The molecule has 0 spiro atoms. The predicted octanol–water partition coefficient (Wildman–Crippen LogP) is 3.53. The third-order valence-corrected chi connectivity index (χ3v) is 5.46. The summed E-state index contributed by atoms with van der Waals surface area (Å²) in [5.41, 5.74) is 2.01. The van der Waals surface area contributed by atoms with Crippen molar-refractivity contribution in [3.05, 3.63) is 105 Å². The number of aromatic nitrogens is 3. The van der Waals surface area contributed by atoms with E-state index in [0.717, 1.165) is 11.1 Å². The minimum atomic E-state index is -0.389. The number of pyridine rings is 1. The molecular formula is C26H25N3O4. The highest BCUT2D eigenvalue weighted by Crippen LogP contribution is 2.27.